The lowest BCUT2D eigenvalue weighted by atomic mass is 9.80. The molecule has 0 saturated carbocycles. The Morgan fingerprint density at radius 3 is 3.04 bits per heavy atom. The number of carbonyl (C=O) groups is 1. The number of nitrogens with one attached hydrogen (secondary N) is 1. The fourth-order valence-corrected chi connectivity index (χ4v) is 4.02. The van der Waals surface area contributed by atoms with E-state index in [1.807, 2.05) is 19.2 Å². The molecule has 0 aromatic carbocycles. The van der Waals surface area contributed by atoms with E-state index in [1.54, 1.807) is 17.5 Å². The van der Waals surface area contributed by atoms with Gasteiger partial charge in [-0.2, -0.15) is 0 Å². The fourth-order valence-electron chi connectivity index (χ4n) is 4.02. The summed E-state index contributed by atoms with van der Waals surface area (Å²) in [6.45, 7) is 3.15. The zero-order chi connectivity index (χ0) is 17.3. The van der Waals surface area contributed by atoms with Crippen molar-refractivity contribution in [2.24, 2.45) is 0 Å². The van der Waals surface area contributed by atoms with Crippen molar-refractivity contribution < 1.29 is 13.9 Å². The number of H-pyrrole nitrogens is 1. The van der Waals surface area contributed by atoms with Crippen LogP contribution in [0.25, 0.3) is 0 Å². The lowest BCUT2D eigenvalue weighted by Gasteiger charge is -2.48. The Labute approximate surface area is 147 Å². The average Bonchev–Trinajstić information content (AvgIpc) is 3.30. The molecule has 4 heterocycles. The Morgan fingerprint density at radius 1 is 1.44 bits per heavy atom. The Morgan fingerprint density at radius 2 is 2.28 bits per heavy atom. The highest BCUT2D eigenvalue weighted by Crippen LogP contribution is 2.41. The van der Waals surface area contributed by atoms with Gasteiger partial charge in [0.15, 0.2) is 0 Å². The number of ether oxygens (including phenoxy) is 1. The van der Waals surface area contributed by atoms with Gasteiger partial charge >= 0.3 is 0 Å². The molecule has 0 bridgehead atoms. The van der Waals surface area contributed by atoms with E-state index in [9.17, 15) is 4.79 Å². The highest BCUT2D eigenvalue weighted by Gasteiger charge is 2.46. The van der Waals surface area contributed by atoms with Crippen LogP contribution in [0.4, 0.5) is 0 Å². The molecule has 1 fully saturated rings. The van der Waals surface area contributed by atoms with Gasteiger partial charge in [-0.1, -0.05) is 0 Å². The van der Waals surface area contributed by atoms with Crippen LogP contribution in [-0.4, -0.2) is 59.0 Å². The predicted octanol–water partition coefficient (Wildman–Crippen LogP) is 1.53. The van der Waals surface area contributed by atoms with Crippen molar-refractivity contribution in [2.75, 3.05) is 33.4 Å². The van der Waals surface area contributed by atoms with Gasteiger partial charge in [0.05, 0.1) is 36.9 Å². The first-order valence-corrected chi connectivity index (χ1v) is 8.81. The number of furan rings is 1. The number of imidazole rings is 1. The van der Waals surface area contributed by atoms with Gasteiger partial charge in [0.25, 0.3) is 0 Å². The zero-order valence-electron chi connectivity index (χ0n) is 14.5. The van der Waals surface area contributed by atoms with Gasteiger partial charge < -0.3 is 19.0 Å². The minimum Gasteiger partial charge on any atom is -0.467 e. The first kappa shape index (κ1) is 16.4. The van der Waals surface area contributed by atoms with Crippen LogP contribution in [-0.2, 0) is 28.0 Å². The number of carbonyl (C=O) groups excluding carboxylic acids is 1. The summed E-state index contributed by atoms with van der Waals surface area (Å²) in [5.74, 6) is 0.895. The maximum atomic E-state index is 12.8. The third-order valence-corrected chi connectivity index (χ3v) is 5.44. The zero-order valence-corrected chi connectivity index (χ0v) is 14.5. The number of amides is 1. The number of aromatic amines is 1. The Balaban J connectivity index is 1.51. The second kappa shape index (κ2) is 6.65. The first-order valence-electron chi connectivity index (χ1n) is 8.81. The summed E-state index contributed by atoms with van der Waals surface area (Å²) in [6.07, 6.45) is 6.05. The van der Waals surface area contributed by atoms with E-state index < -0.39 is 0 Å². The molecule has 2 aliphatic rings. The second-order valence-electron chi connectivity index (χ2n) is 6.87. The minimum absolute atomic E-state index is 0.0984. The van der Waals surface area contributed by atoms with Crippen LogP contribution in [0.1, 0.15) is 30.0 Å². The molecular weight excluding hydrogens is 320 g/mol. The molecule has 7 nitrogen and oxygen atoms in total. The molecule has 7 heteroatoms. The van der Waals surface area contributed by atoms with Crippen molar-refractivity contribution in [3.63, 3.8) is 0 Å². The van der Waals surface area contributed by atoms with Crippen molar-refractivity contribution >= 4 is 5.91 Å². The average molecular weight is 344 g/mol. The Hall–Kier alpha value is -2.12. The normalized spacial score (nSPS) is 19.7. The van der Waals surface area contributed by atoms with Crippen LogP contribution < -0.4 is 0 Å². The predicted molar refractivity (Wildman–Crippen MR) is 90.8 cm³/mol. The molecule has 1 N–H and O–H groups in total. The van der Waals surface area contributed by atoms with Crippen molar-refractivity contribution in [1.82, 2.24) is 19.8 Å². The molecule has 4 rings (SSSR count). The molecule has 2 aromatic rings. The van der Waals surface area contributed by atoms with Crippen molar-refractivity contribution in [3.05, 3.63) is 41.9 Å². The molecule has 1 amide bonds. The fraction of sp³-hybridized carbons (Fsp3) is 0.556. The summed E-state index contributed by atoms with van der Waals surface area (Å²) in [4.78, 5) is 24.7. The number of hydrogen-bond acceptors (Lipinski definition) is 5. The molecule has 25 heavy (non-hydrogen) atoms. The van der Waals surface area contributed by atoms with Crippen molar-refractivity contribution in [3.8, 4) is 0 Å². The van der Waals surface area contributed by atoms with E-state index in [1.165, 1.54) is 5.69 Å². The van der Waals surface area contributed by atoms with Crippen molar-refractivity contribution in [1.29, 1.82) is 0 Å². The maximum Gasteiger partial charge on any atom is 0.236 e. The smallest absolute Gasteiger partial charge is 0.236 e. The third-order valence-electron chi connectivity index (χ3n) is 5.44. The molecular formula is C18H24N4O3. The number of likely N-dealkylation sites (N-methyl/N-ethyl adjacent to an activating group) is 1. The SMILES string of the molecule is CN(Cc1ccco1)C(=O)CN1CCc2[nH]cnc2C12CCOCC2. The van der Waals surface area contributed by atoms with E-state index in [0.717, 1.165) is 37.3 Å². The largest absolute Gasteiger partial charge is 0.467 e. The number of rotatable bonds is 4. The summed E-state index contributed by atoms with van der Waals surface area (Å²) < 4.78 is 10.9. The first-order chi connectivity index (χ1) is 12.2. The molecule has 0 aliphatic carbocycles. The van der Waals surface area contributed by atoms with Gasteiger partial charge in [0, 0.05) is 38.9 Å². The van der Waals surface area contributed by atoms with Gasteiger partial charge in [-0.25, -0.2) is 4.98 Å². The van der Waals surface area contributed by atoms with E-state index in [4.69, 9.17) is 9.15 Å². The number of hydrogen-bond donors (Lipinski definition) is 1. The summed E-state index contributed by atoms with van der Waals surface area (Å²) in [5, 5.41) is 0. The number of aromatic nitrogens is 2. The van der Waals surface area contributed by atoms with Gasteiger partial charge in [0.1, 0.15) is 5.76 Å². The van der Waals surface area contributed by atoms with E-state index in [2.05, 4.69) is 14.9 Å². The lowest BCUT2D eigenvalue weighted by molar-refractivity contribution is -0.136. The van der Waals surface area contributed by atoms with Crippen molar-refractivity contribution in [2.45, 2.75) is 31.3 Å². The summed E-state index contributed by atoms with van der Waals surface area (Å²) in [7, 11) is 1.82. The Kier molecular flexibility index (Phi) is 4.35. The van der Waals surface area contributed by atoms with Crippen LogP contribution in [0.5, 0.6) is 0 Å². The maximum absolute atomic E-state index is 12.8. The van der Waals surface area contributed by atoms with Gasteiger partial charge in [-0.05, 0) is 25.0 Å². The molecule has 0 unspecified atom stereocenters. The van der Waals surface area contributed by atoms with Gasteiger partial charge in [-0.3, -0.25) is 9.69 Å². The standard InChI is InChI=1S/C18H24N4O3/c1-21(11-14-3-2-8-25-14)16(23)12-22-7-4-15-17(20-13-19-15)18(22)5-9-24-10-6-18/h2-3,8,13H,4-7,9-12H2,1H3,(H,19,20). The van der Waals surface area contributed by atoms with Crippen LogP contribution >= 0.6 is 0 Å². The van der Waals surface area contributed by atoms with E-state index >= 15 is 0 Å². The summed E-state index contributed by atoms with van der Waals surface area (Å²) in [5.41, 5.74) is 2.12. The van der Waals surface area contributed by atoms with Crippen LogP contribution in [0.2, 0.25) is 0 Å². The van der Waals surface area contributed by atoms with Gasteiger partial charge in [0.2, 0.25) is 5.91 Å². The van der Waals surface area contributed by atoms with Crippen LogP contribution in [0.3, 0.4) is 0 Å². The number of fused-ring (bicyclic) bond motifs is 2. The highest BCUT2D eigenvalue weighted by molar-refractivity contribution is 5.78. The minimum atomic E-state index is -0.187. The molecule has 1 spiro atoms. The molecule has 0 radical (unpaired) electrons. The second-order valence-corrected chi connectivity index (χ2v) is 6.87. The van der Waals surface area contributed by atoms with E-state index in [0.29, 0.717) is 26.3 Å². The highest BCUT2D eigenvalue weighted by atomic mass is 16.5. The summed E-state index contributed by atoms with van der Waals surface area (Å²) >= 11 is 0. The topological polar surface area (TPSA) is 74.6 Å². The molecule has 1 saturated heterocycles. The van der Waals surface area contributed by atoms with Gasteiger partial charge in [-0.15, -0.1) is 0 Å². The monoisotopic (exact) mass is 344 g/mol. The lowest BCUT2D eigenvalue weighted by Crippen LogP contribution is -2.56. The molecule has 2 aliphatic heterocycles. The third kappa shape index (κ3) is 2.98. The molecule has 134 valence electrons. The quantitative estimate of drug-likeness (QED) is 0.910. The molecule has 0 atom stereocenters. The summed E-state index contributed by atoms with van der Waals surface area (Å²) in [6, 6.07) is 3.73. The van der Waals surface area contributed by atoms with Crippen LogP contribution in [0, 0.1) is 0 Å². The molecule has 2 aromatic heterocycles. The van der Waals surface area contributed by atoms with E-state index in [-0.39, 0.29) is 11.4 Å². The Bertz CT molecular complexity index is 719. The van der Waals surface area contributed by atoms with Crippen LogP contribution in [0.15, 0.2) is 29.1 Å². The number of nitrogens with zero attached hydrogens (tertiary/aromatic N) is 3.